The van der Waals surface area contributed by atoms with Crippen LogP contribution in [0.15, 0.2) is 0 Å². The highest BCUT2D eigenvalue weighted by molar-refractivity contribution is 6.75. The first-order chi connectivity index (χ1) is 6.79. The molecule has 15 heavy (non-hydrogen) atoms. The Labute approximate surface area is 103 Å². The Kier molecular flexibility index (Phi) is 6.32. The SMILES string of the molecule is CCOC(=O)C(C)COC(=O)C(Cl)(Cl)Cl. The molecule has 0 heterocycles. The summed E-state index contributed by atoms with van der Waals surface area (Å²) in [5.41, 5.74) is 0. The van der Waals surface area contributed by atoms with Crippen LogP contribution in [0.25, 0.3) is 0 Å². The maximum absolute atomic E-state index is 11.1. The summed E-state index contributed by atoms with van der Waals surface area (Å²) in [5, 5.41) is 0. The molecule has 1 unspecified atom stereocenters. The lowest BCUT2D eigenvalue weighted by Gasteiger charge is -2.13. The van der Waals surface area contributed by atoms with E-state index < -0.39 is 21.6 Å². The Morgan fingerprint density at radius 2 is 1.80 bits per heavy atom. The second-order valence-corrected chi connectivity index (χ2v) is 5.03. The summed E-state index contributed by atoms with van der Waals surface area (Å²) >= 11 is 15.7. The van der Waals surface area contributed by atoms with Crippen LogP contribution in [0.4, 0.5) is 0 Å². The molecule has 0 N–H and O–H groups in total. The lowest BCUT2D eigenvalue weighted by atomic mass is 10.2. The number of carbonyl (C=O) groups is 2. The second kappa shape index (κ2) is 6.40. The molecule has 0 rings (SSSR count). The molecule has 0 radical (unpaired) electrons. The van der Waals surface area contributed by atoms with Gasteiger partial charge in [-0.2, -0.15) is 0 Å². The predicted molar refractivity (Wildman–Crippen MR) is 57.0 cm³/mol. The summed E-state index contributed by atoms with van der Waals surface area (Å²) in [6.07, 6.45) is 0. The Bertz CT molecular complexity index is 237. The van der Waals surface area contributed by atoms with Crippen LogP contribution in [0.2, 0.25) is 0 Å². The smallest absolute Gasteiger partial charge is 0.358 e. The van der Waals surface area contributed by atoms with Gasteiger partial charge in [-0.15, -0.1) is 0 Å². The van der Waals surface area contributed by atoms with Gasteiger partial charge in [0, 0.05) is 0 Å². The minimum atomic E-state index is -2.12. The highest BCUT2D eigenvalue weighted by Gasteiger charge is 2.33. The van der Waals surface area contributed by atoms with Crippen LogP contribution in [-0.2, 0) is 19.1 Å². The molecule has 0 aromatic heterocycles. The maximum atomic E-state index is 11.1. The van der Waals surface area contributed by atoms with Gasteiger partial charge >= 0.3 is 11.9 Å². The van der Waals surface area contributed by atoms with E-state index in [0.29, 0.717) is 0 Å². The largest absolute Gasteiger partial charge is 0.466 e. The monoisotopic (exact) mass is 276 g/mol. The van der Waals surface area contributed by atoms with Crippen molar-refractivity contribution in [3.8, 4) is 0 Å². The molecule has 0 aromatic rings. The molecule has 0 spiro atoms. The van der Waals surface area contributed by atoms with E-state index in [2.05, 4.69) is 4.74 Å². The molecule has 0 aliphatic heterocycles. The van der Waals surface area contributed by atoms with E-state index in [-0.39, 0.29) is 13.2 Å². The zero-order chi connectivity index (χ0) is 12.1. The summed E-state index contributed by atoms with van der Waals surface area (Å²) in [5.74, 6) is -2.06. The number of esters is 2. The summed E-state index contributed by atoms with van der Waals surface area (Å²) in [4.78, 5) is 22.1. The highest BCUT2D eigenvalue weighted by atomic mass is 35.6. The van der Waals surface area contributed by atoms with E-state index in [0.717, 1.165) is 0 Å². The number of hydrogen-bond acceptors (Lipinski definition) is 4. The third kappa shape index (κ3) is 6.07. The number of hydrogen-bond donors (Lipinski definition) is 0. The molecule has 0 bridgehead atoms. The van der Waals surface area contributed by atoms with E-state index in [1.54, 1.807) is 13.8 Å². The Balaban J connectivity index is 3.96. The number of ether oxygens (including phenoxy) is 2. The van der Waals surface area contributed by atoms with Gasteiger partial charge in [0.05, 0.1) is 12.5 Å². The zero-order valence-electron chi connectivity index (χ0n) is 8.26. The van der Waals surface area contributed by atoms with Gasteiger partial charge in [-0.1, -0.05) is 34.8 Å². The van der Waals surface area contributed by atoms with Crippen LogP contribution in [0.3, 0.4) is 0 Å². The summed E-state index contributed by atoms with van der Waals surface area (Å²) < 4.78 is 7.18. The molecule has 0 fully saturated rings. The Morgan fingerprint density at radius 3 is 2.20 bits per heavy atom. The first-order valence-electron chi connectivity index (χ1n) is 4.19. The standard InChI is InChI=1S/C8H11Cl3O4/c1-3-14-6(12)5(2)4-15-7(13)8(9,10)11/h5H,3-4H2,1-2H3. The molecule has 88 valence electrons. The van der Waals surface area contributed by atoms with Gasteiger partial charge in [0.1, 0.15) is 6.61 Å². The van der Waals surface area contributed by atoms with E-state index in [4.69, 9.17) is 39.5 Å². The van der Waals surface area contributed by atoms with E-state index >= 15 is 0 Å². The van der Waals surface area contributed by atoms with Gasteiger partial charge in [-0.3, -0.25) is 4.79 Å². The molecule has 0 saturated heterocycles. The van der Waals surface area contributed by atoms with Crippen LogP contribution in [-0.4, -0.2) is 28.9 Å². The van der Waals surface area contributed by atoms with Gasteiger partial charge in [-0.25, -0.2) is 4.79 Å². The minimum absolute atomic E-state index is 0.175. The molecule has 0 aliphatic carbocycles. The van der Waals surface area contributed by atoms with Crippen LogP contribution in [0.5, 0.6) is 0 Å². The van der Waals surface area contributed by atoms with Crippen molar-refractivity contribution in [2.75, 3.05) is 13.2 Å². The molecule has 4 nitrogen and oxygen atoms in total. The Morgan fingerprint density at radius 1 is 1.27 bits per heavy atom. The Hall–Kier alpha value is -0.190. The molecule has 0 saturated carbocycles. The van der Waals surface area contributed by atoms with Crippen molar-refractivity contribution in [2.24, 2.45) is 5.92 Å². The second-order valence-electron chi connectivity index (χ2n) is 2.75. The normalized spacial score (nSPS) is 13.1. The molecule has 0 aliphatic rings. The molecular formula is C8H11Cl3O4. The quantitative estimate of drug-likeness (QED) is 0.583. The lowest BCUT2D eigenvalue weighted by Crippen LogP contribution is -2.27. The predicted octanol–water partition coefficient (Wildman–Crippen LogP) is 2.10. The summed E-state index contributed by atoms with van der Waals surface area (Å²) in [6, 6.07) is 0. The number of alkyl halides is 3. The van der Waals surface area contributed by atoms with Crippen molar-refractivity contribution in [2.45, 2.75) is 17.6 Å². The maximum Gasteiger partial charge on any atom is 0.358 e. The average molecular weight is 278 g/mol. The van der Waals surface area contributed by atoms with Gasteiger partial charge < -0.3 is 9.47 Å². The van der Waals surface area contributed by atoms with E-state index in [1.807, 2.05) is 0 Å². The molecular weight excluding hydrogens is 266 g/mol. The van der Waals surface area contributed by atoms with Gasteiger partial charge in [0.15, 0.2) is 0 Å². The fourth-order valence-corrected chi connectivity index (χ4v) is 0.799. The molecule has 0 amide bonds. The van der Waals surface area contributed by atoms with Crippen molar-refractivity contribution in [1.29, 1.82) is 0 Å². The van der Waals surface area contributed by atoms with Gasteiger partial charge in [0.25, 0.3) is 3.79 Å². The van der Waals surface area contributed by atoms with Crippen LogP contribution in [0.1, 0.15) is 13.8 Å². The van der Waals surface area contributed by atoms with Crippen molar-refractivity contribution in [1.82, 2.24) is 0 Å². The first-order valence-corrected chi connectivity index (χ1v) is 5.33. The topological polar surface area (TPSA) is 52.6 Å². The van der Waals surface area contributed by atoms with Crippen molar-refractivity contribution in [3.05, 3.63) is 0 Å². The molecule has 1 atom stereocenters. The fourth-order valence-electron chi connectivity index (χ4n) is 0.635. The van der Waals surface area contributed by atoms with Crippen LogP contribution < -0.4 is 0 Å². The minimum Gasteiger partial charge on any atom is -0.466 e. The fraction of sp³-hybridized carbons (Fsp3) is 0.750. The van der Waals surface area contributed by atoms with E-state index in [1.165, 1.54) is 0 Å². The number of carbonyl (C=O) groups excluding carboxylic acids is 2. The summed E-state index contributed by atoms with van der Waals surface area (Å²) in [7, 11) is 0. The van der Waals surface area contributed by atoms with E-state index in [9.17, 15) is 9.59 Å². The third-order valence-electron chi connectivity index (χ3n) is 1.38. The lowest BCUT2D eigenvalue weighted by molar-refractivity contribution is -0.153. The van der Waals surface area contributed by atoms with Crippen LogP contribution >= 0.6 is 34.8 Å². The van der Waals surface area contributed by atoms with Crippen molar-refractivity contribution < 1.29 is 19.1 Å². The zero-order valence-corrected chi connectivity index (χ0v) is 10.5. The molecule has 7 heteroatoms. The van der Waals surface area contributed by atoms with Gasteiger partial charge in [0.2, 0.25) is 0 Å². The van der Waals surface area contributed by atoms with Gasteiger partial charge in [-0.05, 0) is 13.8 Å². The summed E-state index contributed by atoms with van der Waals surface area (Å²) in [6.45, 7) is 3.31. The number of rotatable bonds is 4. The van der Waals surface area contributed by atoms with Crippen molar-refractivity contribution >= 4 is 46.7 Å². The first kappa shape index (κ1) is 14.8. The number of halogens is 3. The highest BCUT2D eigenvalue weighted by Crippen LogP contribution is 2.27. The third-order valence-corrected chi connectivity index (χ3v) is 1.85. The molecule has 0 aromatic carbocycles. The van der Waals surface area contributed by atoms with Crippen LogP contribution in [0, 0.1) is 5.92 Å². The van der Waals surface area contributed by atoms with Crippen molar-refractivity contribution in [3.63, 3.8) is 0 Å². The average Bonchev–Trinajstić information content (AvgIpc) is 2.12.